The second-order valence-electron chi connectivity index (χ2n) is 6.40. The molecule has 0 saturated carbocycles. The van der Waals surface area contributed by atoms with E-state index in [2.05, 4.69) is 4.72 Å². The number of hydrogen-bond acceptors (Lipinski definition) is 4. The predicted octanol–water partition coefficient (Wildman–Crippen LogP) is 2.23. The fourth-order valence-corrected chi connectivity index (χ4v) is 4.17. The molecule has 0 spiro atoms. The highest BCUT2D eigenvalue weighted by molar-refractivity contribution is 7.89. The van der Waals surface area contributed by atoms with E-state index in [9.17, 15) is 22.0 Å². The average Bonchev–Trinajstić information content (AvgIpc) is 2.68. The van der Waals surface area contributed by atoms with Crippen LogP contribution in [0.4, 0.5) is 14.5 Å². The lowest BCUT2D eigenvalue weighted by Gasteiger charge is -2.36. The first-order valence-electron chi connectivity index (χ1n) is 8.91. The van der Waals surface area contributed by atoms with Gasteiger partial charge in [0.2, 0.25) is 10.0 Å². The molecule has 0 radical (unpaired) electrons. The van der Waals surface area contributed by atoms with Crippen molar-refractivity contribution in [3.05, 3.63) is 59.7 Å². The molecule has 28 heavy (non-hydrogen) atoms. The standard InChI is InChI=1S/C19H21F2N3O3S/c1-2-22-28(26,27)16-7-8-18(21)17(13-16)19(25)24-11-9-23(10-12-24)15-5-3-14(20)4-6-15/h3-8,13,22H,2,9-12H2,1H3. The van der Waals surface area contributed by atoms with E-state index in [1.165, 1.54) is 17.0 Å². The summed E-state index contributed by atoms with van der Waals surface area (Å²) >= 11 is 0. The highest BCUT2D eigenvalue weighted by Gasteiger charge is 2.26. The lowest BCUT2D eigenvalue weighted by atomic mass is 10.1. The minimum absolute atomic E-state index is 0.149. The van der Waals surface area contributed by atoms with E-state index in [-0.39, 0.29) is 22.8 Å². The van der Waals surface area contributed by atoms with Crippen LogP contribution in [0, 0.1) is 11.6 Å². The van der Waals surface area contributed by atoms with Crippen LogP contribution in [-0.4, -0.2) is 51.9 Å². The van der Waals surface area contributed by atoms with Crippen molar-refractivity contribution in [1.82, 2.24) is 9.62 Å². The van der Waals surface area contributed by atoms with Crippen LogP contribution in [0.5, 0.6) is 0 Å². The molecule has 0 aromatic heterocycles. The van der Waals surface area contributed by atoms with Gasteiger partial charge in [-0.15, -0.1) is 0 Å². The molecule has 3 rings (SSSR count). The molecule has 2 aromatic carbocycles. The third-order valence-electron chi connectivity index (χ3n) is 4.57. The van der Waals surface area contributed by atoms with Crippen molar-refractivity contribution in [2.75, 3.05) is 37.6 Å². The van der Waals surface area contributed by atoms with Crippen LogP contribution in [0.15, 0.2) is 47.4 Å². The van der Waals surface area contributed by atoms with Crippen molar-refractivity contribution >= 4 is 21.6 Å². The molecule has 1 aliphatic heterocycles. The van der Waals surface area contributed by atoms with Gasteiger partial charge < -0.3 is 9.80 Å². The summed E-state index contributed by atoms with van der Waals surface area (Å²) in [4.78, 5) is 16.1. The Morgan fingerprint density at radius 3 is 2.29 bits per heavy atom. The van der Waals surface area contributed by atoms with Crippen molar-refractivity contribution in [2.24, 2.45) is 0 Å². The van der Waals surface area contributed by atoms with Gasteiger partial charge in [-0.25, -0.2) is 21.9 Å². The quantitative estimate of drug-likeness (QED) is 0.822. The van der Waals surface area contributed by atoms with E-state index >= 15 is 0 Å². The molecule has 1 N–H and O–H groups in total. The number of nitrogens with zero attached hydrogens (tertiary/aromatic N) is 2. The number of carbonyl (C=O) groups excluding carboxylic acids is 1. The van der Waals surface area contributed by atoms with E-state index in [1.807, 2.05) is 4.90 Å². The van der Waals surface area contributed by atoms with E-state index in [4.69, 9.17) is 0 Å². The van der Waals surface area contributed by atoms with Gasteiger partial charge in [0.1, 0.15) is 11.6 Å². The maximum atomic E-state index is 14.2. The van der Waals surface area contributed by atoms with Gasteiger partial charge in [-0.1, -0.05) is 6.92 Å². The fraction of sp³-hybridized carbons (Fsp3) is 0.316. The molecule has 1 aliphatic rings. The van der Waals surface area contributed by atoms with Gasteiger partial charge in [0.25, 0.3) is 5.91 Å². The zero-order valence-corrected chi connectivity index (χ0v) is 16.2. The highest BCUT2D eigenvalue weighted by Crippen LogP contribution is 2.20. The van der Waals surface area contributed by atoms with Crippen LogP contribution in [-0.2, 0) is 10.0 Å². The molecule has 6 nitrogen and oxygen atoms in total. The number of amides is 1. The first kappa shape index (κ1) is 20.2. The number of sulfonamides is 1. The summed E-state index contributed by atoms with van der Waals surface area (Å²) in [6, 6.07) is 9.28. The van der Waals surface area contributed by atoms with Crippen molar-refractivity contribution in [3.63, 3.8) is 0 Å². The molecule has 0 bridgehead atoms. The summed E-state index contributed by atoms with van der Waals surface area (Å²) in [7, 11) is -3.79. The summed E-state index contributed by atoms with van der Waals surface area (Å²) in [5, 5.41) is 0. The van der Waals surface area contributed by atoms with Crippen LogP contribution in [0.1, 0.15) is 17.3 Å². The smallest absolute Gasteiger partial charge is 0.256 e. The van der Waals surface area contributed by atoms with Gasteiger partial charge in [-0.3, -0.25) is 4.79 Å². The monoisotopic (exact) mass is 409 g/mol. The number of anilines is 1. The molecule has 9 heteroatoms. The minimum atomic E-state index is -3.79. The summed E-state index contributed by atoms with van der Waals surface area (Å²) < 4.78 is 53.9. The molecule has 0 atom stereocenters. The Bertz CT molecular complexity index is 957. The molecular formula is C19H21F2N3O3S. The molecule has 1 heterocycles. The number of carbonyl (C=O) groups is 1. The van der Waals surface area contributed by atoms with Gasteiger partial charge >= 0.3 is 0 Å². The van der Waals surface area contributed by atoms with Crippen LogP contribution >= 0.6 is 0 Å². The van der Waals surface area contributed by atoms with Gasteiger partial charge in [-0.05, 0) is 42.5 Å². The lowest BCUT2D eigenvalue weighted by Crippen LogP contribution is -2.49. The molecular weight excluding hydrogens is 388 g/mol. The van der Waals surface area contributed by atoms with Crippen molar-refractivity contribution < 1.29 is 22.0 Å². The molecule has 1 fully saturated rings. The zero-order valence-electron chi connectivity index (χ0n) is 15.4. The largest absolute Gasteiger partial charge is 0.368 e. The Morgan fingerprint density at radius 1 is 1.04 bits per heavy atom. The van der Waals surface area contributed by atoms with Gasteiger partial charge in [0.05, 0.1) is 10.5 Å². The molecule has 2 aromatic rings. The Hall–Kier alpha value is -2.52. The van der Waals surface area contributed by atoms with E-state index in [0.717, 1.165) is 23.9 Å². The first-order chi connectivity index (χ1) is 13.3. The molecule has 0 aliphatic carbocycles. The molecule has 150 valence electrons. The Labute approximate surface area is 162 Å². The second kappa shape index (κ2) is 8.24. The van der Waals surface area contributed by atoms with E-state index in [1.54, 1.807) is 19.1 Å². The minimum Gasteiger partial charge on any atom is -0.368 e. The Balaban J connectivity index is 1.74. The van der Waals surface area contributed by atoms with Crippen LogP contribution in [0.25, 0.3) is 0 Å². The van der Waals surface area contributed by atoms with Crippen molar-refractivity contribution in [2.45, 2.75) is 11.8 Å². The lowest BCUT2D eigenvalue weighted by molar-refractivity contribution is 0.0742. The number of piperazine rings is 1. The summed E-state index contributed by atoms with van der Waals surface area (Å²) in [6.45, 7) is 3.53. The molecule has 1 saturated heterocycles. The molecule has 1 amide bonds. The van der Waals surface area contributed by atoms with E-state index < -0.39 is 21.7 Å². The summed E-state index contributed by atoms with van der Waals surface area (Å²) in [5.74, 6) is -1.63. The third kappa shape index (κ3) is 4.31. The van der Waals surface area contributed by atoms with Crippen LogP contribution in [0.3, 0.4) is 0 Å². The number of halogens is 2. The predicted molar refractivity (Wildman–Crippen MR) is 102 cm³/mol. The SMILES string of the molecule is CCNS(=O)(=O)c1ccc(F)c(C(=O)N2CCN(c3ccc(F)cc3)CC2)c1. The zero-order chi connectivity index (χ0) is 20.3. The number of hydrogen-bond donors (Lipinski definition) is 1. The fourth-order valence-electron chi connectivity index (χ4n) is 3.10. The Kier molecular flexibility index (Phi) is 5.95. The summed E-state index contributed by atoms with van der Waals surface area (Å²) in [5.41, 5.74) is 0.577. The first-order valence-corrected chi connectivity index (χ1v) is 10.4. The normalized spacial score (nSPS) is 15.0. The summed E-state index contributed by atoms with van der Waals surface area (Å²) in [6.07, 6.45) is 0. The Morgan fingerprint density at radius 2 is 1.68 bits per heavy atom. The number of nitrogens with one attached hydrogen (secondary N) is 1. The second-order valence-corrected chi connectivity index (χ2v) is 8.17. The average molecular weight is 409 g/mol. The van der Waals surface area contributed by atoms with E-state index in [0.29, 0.717) is 26.2 Å². The van der Waals surface area contributed by atoms with Crippen molar-refractivity contribution in [1.29, 1.82) is 0 Å². The van der Waals surface area contributed by atoms with Gasteiger partial charge in [0.15, 0.2) is 0 Å². The maximum Gasteiger partial charge on any atom is 0.256 e. The van der Waals surface area contributed by atoms with Crippen LogP contribution in [0.2, 0.25) is 0 Å². The van der Waals surface area contributed by atoms with Crippen LogP contribution < -0.4 is 9.62 Å². The number of benzene rings is 2. The molecule has 0 unspecified atom stereocenters. The topological polar surface area (TPSA) is 69.7 Å². The third-order valence-corrected chi connectivity index (χ3v) is 6.11. The number of rotatable bonds is 5. The van der Waals surface area contributed by atoms with Gasteiger partial charge in [-0.2, -0.15) is 0 Å². The maximum absolute atomic E-state index is 14.2. The van der Waals surface area contributed by atoms with Gasteiger partial charge in [0, 0.05) is 38.4 Å². The highest BCUT2D eigenvalue weighted by atomic mass is 32.2. The van der Waals surface area contributed by atoms with Crippen molar-refractivity contribution in [3.8, 4) is 0 Å².